The second-order valence-electron chi connectivity index (χ2n) is 6.42. The lowest BCUT2D eigenvalue weighted by Gasteiger charge is -2.30. The fourth-order valence-corrected chi connectivity index (χ4v) is 3.23. The summed E-state index contributed by atoms with van der Waals surface area (Å²) in [5.74, 6) is -0.416. The average molecular weight is 331 g/mol. The van der Waals surface area contributed by atoms with Crippen molar-refractivity contribution in [2.45, 2.75) is 31.8 Å². The van der Waals surface area contributed by atoms with Gasteiger partial charge in [0.2, 0.25) is 0 Å². The number of halogens is 1. The van der Waals surface area contributed by atoms with E-state index < -0.39 is 0 Å². The summed E-state index contributed by atoms with van der Waals surface area (Å²) in [4.78, 5) is 14.1. The van der Waals surface area contributed by atoms with E-state index in [4.69, 9.17) is 0 Å². The second-order valence-corrected chi connectivity index (χ2v) is 6.42. The highest BCUT2D eigenvalue weighted by Gasteiger charge is 2.26. The van der Waals surface area contributed by atoms with Crippen LogP contribution in [0.25, 0.3) is 5.69 Å². The van der Waals surface area contributed by atoms with E-state index in [1.807, 2.05) is 0 Å². The molecule has 6 heteroatoms. The first kappa shape index (κ1) is 16.6. The molecule has 128 valence electrons. The van der Waals surface area contributed by atoms with Gasteiger partial charge in [-0.3, -0.25) is 4.79 Å². The Bertz CT molecular complexity index is 716. The summed E-state index contributed by atoms with van der Waals surface area (Å²) in [6.07, 6.45) is 5.20. The Morgan fingerprint density at radius 2 is 2.17 bits per heavy atom. The first-order valence-corrected chi connectivity index (χ1v) is 8.30. The van der Waals surface area contributed by atoms with E-state index in [2.05, 4.69) is 5.10 Å². The summed E-state index contributed by atoms with van der Waals surface area (Å²) in [7, 11) is 1.73. The standard InChI is InChI=1S/C18H22FN3O2/c1-21(12-13-5-2-3-8-17(13)23)18(24)16-9-10-22(20-16)15-7-4-6-14(19)11-15/h4,6-7,9-11,13,17,23H,2-3,5,8,12H2,1H3. The number of rotatable bonds is 4. The van der Waals surface area contributed by atoms with Crippen molar-refractivity contribution in [1.82, 2.24) is 14.7 Å². The zero-order chi connectivity index (χ0) is 17.1. The Hall–Kier alpha value is -2.21. The molecule has 0 bridgehead atoms. The van der Waals surface area contributed by atoms with Crippen molar-refractivity contribution in [1.29, 1.82) is 0 Å². The van der Waals surface area contributed by atoms with Crippen molar-refractivity contribution < 1.29 is 14.3 Å². The van der Waals surface area contributed by atoms with Gasteiger partial charge in [-0.1, -0.05) is 18.9 Å². The topological polar surface area (TPSA) is 58.4 Å². The SMILES string of the molecule is CN(CC1CCCCC1O)C(=O)c1ccn(-c2cccc(F)c2)n1. The lowest BCUT2D eigenvalue weighted by molar-refractivity contribution is 0.0448. The highest BCUT2D eigenvalue weighted by atomic mass is 19.1. The van der Waals surface area contributed by atoms with Gasteiger partial charge in [-0.2, -0.15) is 5.10 Å². The summed E-state index contributed by atoms with van der Waals surface area (Å²) in [6.45, 7) is 0.521. The smallest absolute Gasteiger partial charge is 0.274 e. The fraction of sp³-hybridized carbons (Fsp3) is 0.444. The Morgan fingerprint density at radius 1 is 1.38 bits per heavy atom. The predicted molar refractivity (Wildman–Crippen MR) is 88.4 cm³/mol. The molecule has 0 radical (unpaired) electrons. The minimum absolute atomic E-state index is 0.123. The summed E-state index contributed by atoms with van der Waals surface area (Å²) in [5, 5.41) is 14.3. The number of hydrogen-bond acceptors (Lipinski definition) is 3. The summed E-state index contributed by atoms with van der Waals surface area (Å²) >= 11 is 0. The molecule has 1 fully saturated rings. The number of carbonyl (C=O) groups is 1. The molecule has 1 saturated carbocycles. The molecule has 1 N–H and O–H groups in total. The van der Waals surface area contributed by atoms with Gasteiger partial charge in [0.25, 0.3) is 5.91 Å². The fourth-order valence-electron chi connectivity index (χ4n) is 3.23. The van der Waals surface area contributed by atoms with Crippen molar-refractivity contribution in [3.05, 3.63) is 48.0 Å². The maximum Gasteiger partial charge on any atom is 0.274 e. The molecular formula is C18H22FN3O2. The highest BCUT2D eigenvalue weighted by Crippen LogP contribution is 2.25. The lowest BCUT2D eigenvalue weighted by atomic mass is 9.86. The van der Waals surface area contributed by atoms with Gasteiger partial charge in [0.15, 0.2) is 5.69 Å². The molecule has 2 atom stereocenters. The van der Waals surface area contributed by atoms with Crippen LogP contribution in [0.5, 0.6) is 0 Å². The molecule has 2 aromatic rings. The zero-order valence-corrected chi connectivity index (χ0v) is 13.7. The Kier molecular flexibility index (Phi) is 4.94. The summed E-state index contributed by atoms with van der Waals surface area (Å²) in [6, 6.07) is 7.68. The van der Waals surface area contributed by atoms with E-state index in [1.165, 1.54) is 16.8 Å². The maximum absolute atomic E-state index is 13.3. The predicted octanol–water partition coefficient (Wildman–Crippen LogP) is 2.63. The average Bonchev–Trinajstić information content (AvgIpc) is 3.06. The van der Waals surface area contributed by atoms with Crippen LogP contribution in [0.15, 0.2) is 36.5 Å². The zero-order valence-electron chi connectivity index (χ0n) is 13.7. The minimum Gasteiger partial charge on any atom is -0.393 e. The van der Waals surface area contributed by atoms with Gasteiger partial charge in [-0.25, -0.2) is 9.07 Å². The van der Waals surface area contributed by atoms with Crippen LogP contribution in [0, 0.1) is 11.7 Å². The molecule has 0 aliphatic heterocycles. The molecule has 1 amide bonds. The number of nitrogens with zero attached hydrogens (tertiary/aromatic N) is 3. The number of hydrogen-bond donors (Lipinski definition) is 1. The van der Waals surface area contributed by atoms with Crippen LogP contribution in [0.4, 0.5) is 4.39 Å². The van der Waals surface area contributed by atoms with Crippen molar-refractivity contribution in [3.63, 3.8) is 0 Å². The Labute approximate surface area is 140 Å². The van der Waals surface area contributed by atoms with E-state index in [9.17, 15) is 14.3 Å². The molecule has 24 heavy (non-hydrogen) atoms. The molecule has 1 heterocycles. The lowest BCUT2D eigenvalue weighted by Crippen LogP contribution is -2.38. The second kappa shape index (κ2) is 7.13. The van der Waals surface area contributed by atoms with Gasteiger partial charge >= 0.3 is 0 Å². The number of benzene rings is 1. The quantitative estimate of drug-likeness (QED) is 0.937. The van der Waals surface area contributed by atoms with Crippen LogP contribution in [0.1, 0.15) is 36.2 Å². The normalized spacial score (nSPS) is 20.8. The van der Waals surface area contributed by atoms with Gasteiger partial charge < -0.3 is 10.0 Å². The summed E-state index contributed by atoms with van der Waals surface area (Å²) in [5.41, 5.74) is 0.881. The van der Waals surface area contributed by atoms with E-state index in [1.54, 1.807) is 36.3 Å². The number of amides is 1. The van der Waals surface area contributed by atoms with Crippen molar-refractivity contribution >= 4 is 5.91 Å². The number of aromatic nitrogens is 2. The van der Waals surface area contributed by atoms with Crippen molar-refractivity contribution in [3.8, 4) is 5.69 Å². The molecule has 1 aliphatic rings. The largest absolute Gasteiger partial charge is 0.393 e. The molecule has 3 rings (SSSR count). The van der Waals surface area contributed by atoms with Gasteiger partial charge in [0.1, 0.15) is 5.82 Å². The third-order valence-electron chi connectivity index (χ3n) is 4.60. The van der Waals surface area contributed by atoms with Gasteiger partial charge in [0.05, 0.1) is 11.8 Å². The van der Waals surface area contributed by atoms with Crippen LogP contribution in [-0.4, -0.2) is 45.4 Å². The van der Waals surface area contributed by atoms with E-state index >= 15 is 0 Å². The van der Waals surface area contributed by atoms with Crippen LogP contribution in [0.3, 0.4) is 0 Å². The summed E-state index contributed by atoms with van der Waals surface area (Å²) < 4.78 is 14.8. The van der Waals surface area contributed by atoms with Gasteiger partial charge in [-0.05, 0) is 37.1 Å². The third kappa shape index (κ3) is 3.64. The van der Waals surface area contributed by atoms with Gasteiger partial charge in [-0.15, -0.1) is 0 Å². The number of aliphatic hydroxyl groups excluding tert-OH is 1. The van der Waals surface area contributed by atoms with Gasteiger partial charge in [0, 0.05) is 25.7 Å². The Balaban J connectivity index is 1.69. The van der Waals surface area contributed by atoms with Crippen molar-refractivity contribution in [2.24, 2.45) is 5.92 Å². The minimum atomic E-state index is -0.348. The van der Waals surface area contributed by atoms with E-state index in [0.29, 0.717) is 17.9 Å². The molecule has 1 aromatic heterocycles. The first-order chi connectivity index (χ1) is 11.5. The third-order valence-corrected chi connectivity index (χ3v) is 4.60. The van der Waals surface area contributed by atoms with Crippen LogP contribution >= 0.6 is 0 Å². The molecular weight excluding hydrogens is 309 g/mol. The van der Waals surface area contributed by atoms with E-state index in [-0.39, 0.29) is 23.7 Å². The molecule has 1 aromatic carbocycles. The number of carbonyl (C=O) groups excluding carboxylic acids is 1. The molecule has 2 unspecified atom stereocenters. The molecule has 1 aliphatic carbocycles. The molecule has 5 nitrogen and oxygen atoms in total. The monoisotopic (exact) mass is 331 g/mol. The van der Waals surface area contributed by atoms with Crippen LogP contribution in [0.2, 0.25) is 0 Å². The number of aliphatic hydroxyl groups is 1. The van der Waals surface area contributed by atoms with Crippen LogP contribution in [-0.2, 0) is 0 Å². The maximum atomic E-state index is 13.3. The molecule has 0 saturated heterocycles. The van der Waals surface area contributed by atoms with Crippen LogP contribution < -0.4 is 0 Å². The first-order valence-electron chi connectivity index (χ1n) is 8.30. The van der Waals surface area contributed by atoms with Crippen molar-refractivity contribution in [2.75, 3.05) is 13.6 Å². The molecule has 0 spiro atoms. The van der Waals surface area contributed by atoms with E-state index in [0.717, 1.165) is 25.7 Å². The Morgan fingerprint density at radius 3 is 2.92 bits per heavy atom. The highest BCUT2D eigenvalue weighted by molar-refractivity contribution is 5.92.